The zero-order chi connectivity index (χ0) is 36.1. The van der Waals surface area contributed by atoms with Crippen LogP contribution in [-0.2, 0) is 39.9 Å². The molecule has 260 valence electrons. The van der Waals surface area contributed by atoms with E-state index in [2.05, 4.69) is 10.5 Å². The topological polar surface area (TPSA) is 189 Å². The molecule has 1 heterocycles. The van der Waals surface area contributed by atoms with Crippen LogP contribution in [0.4, 0.5) is 5.69 Å². The summed E-state index contributed by atoms with van der Waals surface area (Å²) in [6.45, 7) is 15.6. The van der Waals surface area contributed by atoms with Gasteiger partial charge in [0.05, 0.1) is 17.7 Å². The number of nitrogens with one attached hydrogen (secondary N) is 2. The van der Waals surface area contributed by atoms with Crippen LogP contribution in [0.3, 0.4) is 0 Å². The summed E-state index contributed by atoms with van der Waals surface area (Å²) in [6.07, 6.45) is -0.320. The molecule has 0 bridgehead atoms. The Morgan fingerprint density at radius 1 is 0.875 bits per heavy atom. The molecule has 0 amide bonds. The van der Waals surface area contributed by atoms with Gasteiger partial charge >= 0.3 is 23.9 Å². The highest BCUT2D eigenvalue weighted by Gasteiger charge is 2.52. The Balaban J connectivity index is 1.95. The number of guanidine groups is 1. The zero-order valence-corrected chi connectivity index (χ0v) is 29.1. The van der Waals surface area contributed by atoms with Crippen LogP contribution in [0.1, 0.15) is 103 Å². The predicted molar refractivity (Wildman–Crippen MR) is 179 cm³/mol. The number of carbonyl (C=O) groups is 4. The maximum absolute atomic E-state index is 13.5. The number of anilines is 1. The van der Waals surface area contributed by atoms with Crippen LogP contribution in [0.15, 0.2) is 47.6 Å². The fourth-order valence-corrected chi connectivity index (χ4v) is 4.57. The minimum atomic E-state index is -1.80. The van der Waals surface area contributed by atoms with E-state index in [0.717, 1.165) is 0 Å². The summed E-state index contributed by atoms with van der Waals surface area (Å²) < 4.78 is 22.3. The second kappa shape index (κ2) is 14.4. The van der Waals surface area contributed by atoms with Crippen molar-refractivity contribution in [1.82, 2.24) is 0 Å². The summed E-state index contributed by atoms with van der Waals surface area (Å²) in [5.41, 5.74) is 3.32. The predicted octanol–water partition coefficient (Wildman–Crippen LogP) is 5.42. The smallest absolute Gasteiger partial charge is 0.354 e. The largest absolute Gasteiger partial charge is 0.460 e. The van der Waals surface area contributed by atoms with E-state index in [1.807, 2.05) is 0 Å². The number of nitrogens with zero attached hydrogens (tertiary/aromatic N) is 1. The third kappa shape index (κ3) is 11.7. The molecule has 0 spiro atoms. The van der Waals surface area contributed by atoms with Crippen LogP contribution in [0.5, 0.6) is 5.75 Å². The Labute approximate surface area is 281 Å². The van der Waals surface area contributed by atoms with Gasteiger partial charge in [0.1, 0.15) is 22.6 Å². The maximum atomic E-state index is 13.5. The fourth-order valence-electron chi connectivity index (χ4n) is 4.57. The van der Waals surface area contributed by atoms with Gasteiger partial charge in [0.2, 0.25) is 5.60 Å². The van der Waals surface area contributed by atoms with Gasteiger partial charge < -0.3 is 34.8 Å². The number of ether oxygens (including phenoxy) is 4. The summed E-state index contributed by atoms with van der Waals surface area (Å²) >= 11 is 0. The second-order valence-corrected chi connectivity index (χ2v) is 14.5. The molecule has 13 heteroatoms. The quantitative estimate of drug-likeness (QED) is 0.0965. The number of hydrogen-bond acceptors (Lipinski definition) is 11. The van der Waals surface area contributed by atoms with Crippen molar-refractivity contribution in [3.8, 4) is 5.75 Å². The van der Waals surface area contributed by atoms with Crippen molar-refractivity contribution in [2.75, 3.05) is 5.32 Å². The van der Waals surface area contributed by atoms with Gasteiger partial charge in [0.25, 0.3) is 0 Å². The number of carbonyl (C=O) groups excluding carboxylic acids is 4. The summed E-state index contributed by atoms with van der Waals surface area (Å²) in [5, 5.41) is 14.2. The Morgan fingerprint density at radius 2 is 1.46 bits per heavy atom. The standard InChI is InChI=1S/C35H46N4O9/c1-32(2,3)45-27(40)15-10-21-16-23(18-25(17-21)44-29(42)22-11-13-24(14-12-22)38-31(36)37)26-19-35(48-39-26,30(43)47-34(7,8)9)20-28(41)46-33(4,5)6/h11-14,16-18H,10,15,19-20H2,1-9H3,(H4,36,37,38). The van der Waals surface area contributed by atoms with Crippen molar-refractivity contribution >= 4 is 41.2 Å². The first kappa shape index (κ1) is 37.5. The van der Waals surface area contributed by atoms with E-state index >= 15 is 0 Å². The van der Waals surface area contributed by atoms with Gasteiger partial charge in [0.15, 0.2) is 5.96 Å². The van der Waals surface area contributed by atoms with Gasteiger partial charge in [-0.2, -0.15) is 0 Å². The van der Waals surface area contributed by atoms with Crippen molar-refractivity contribution in [3.63, 3.8) is 0 Å². The molecule has 0 radical (unpaired) electrons. The Kier molecular flexibility index (Phi) is 11.3. The van der Waals surface area contributed by atoms with Crippen LogP contribution >= 0.6 is 0 Å². The lowest BCUT2D eigenvalue weighted by Crippen LogP contribution is -2.46. The van der Waals surface area contributed by atoms with Crippen LogP contribution < -0.4 is 15.8 Å². The van der Waals surface area contributed by atoms with Crippen molar-refractivity contribution in [3.05, 3.63) is 59.2 Å². The third-order valence-electron chi connectivity index (χ3n) is 6.35. The molecule has 1 atom stereocenters. The van der Waals surface area contributed by atoms with Gasteiger partial charge in [-0.25, -0.2) is 9.59 Å². The molecule has 1 aliphatic rings. The first-order valence-electron chi connectivity index (χ1n) is 15.5. The normalized spacial score (nSPS) is 16.2. The molecular weight excluding hydrogens is 620 g/mol. The van der Waals surface area contributed by atoms with Crippen molar-refractivity contribution in [2.45, 2.75) is 110 Å². The molecule has 0 saturated carbocycles. The molecule has 48 heavy (non-hydrogen) atoms. The molecule has 0 saturated heterocycles. The molecular formula is C35H46N4O9. The number of benzene rings is 2. The Bertz CT molecular complexity index is 1580. The van der Waals surface area contributed by atoms with E-state index in [0.29, 0.717) is 22.5 Å². The van der Waals surface area contributed by atoms with Gasteiger partial charge in [-0.05, 0) is 117 Å². The SMILES string of the molecule is CC(C)(C)OC(=O)CCc1cc(OC(=O)c2ccc(NC(=N)N)cc2)cc(C2=NOC(CC(=O)OC(C)(C)C)(C(=O)OC(C)(C)C)C2)c1. The first-order valence-corrected chi connectivity index (χ1v) is 15.5. The Morgan fingerprint density at radius 3 is 2.02 bits per heavy atom. The van der Waals surface area contributed by atoms with Crippen molar-refractivity contribution in [2.24, 2.45) is 10.9 Å². The van der Waals surface area contributed by atoms with E-state index in [1.54, 1.807) is 92.6 Å². The third-order valence-corrected chi connectivity index (χ3v) is 6.35. The maximum Gasteiger partial charge on any atom is 0.354 e. The average Bonchev–Trinajstić information content (AvgIpc) is 3.34. The highest BCUT2D eigenvalue weighted by Crippen LogP contribution is 2.35. The van der Waals surface area contributed by atoms with Gasteiger partial charge in [-0.15, -0.1) is 0 Å². The molecule has 3 rings (SSSR count). The summed E-state index contributed by atoms with van der Waals surface area (Å²) in [7, 11) is 0. The van der Waals surface area contributed by atoms with Gasteiger partial charge in [0, 0.05) is 24.1 Å². The lowest BCUT2D eigenvalue weighted by atomic mass is 9.90. The molecule has 2 aromatic carbocycles. The first-order chi connectivity index (χ1) is 22.0. The highest BCUT2D eigenvalue weighted by atomic mass is 16.7. The number of rotatable bonds is 10. The number of oxime groups is 1. The summed E-state index contributed by atoms with van der Waals surface area (Å²) in [6, 6.07) is 11.1. The van der Waals surface area contributed by atoms with Crippen molar-refractivity contribution < 1.29 is 43.0 Å². The molecule has 0 aromatic heterocycles. The Hall–Kier alpha value is -4.94. The summed E-state index contributed by atoms with van der Waals surface area (Å²) in [5.74, 6) is -2.63. The minimum absolute atomic E-state index is 0.0438. The van der Waals surface area contributed by atoms with E-state index < -0.39 is 52.7 Å². The molecule has 1 unspecified atom stereocenters. The molecule has 0 aliphatic carbocycles. The van der Waals surface area contributed by atoms with E-state index in [1.165, 1.54) is 12.1 Å². The molecule has 13 nitrogen and oxygen atoms in total. The van der Waals surface area contributed by atoms with Crippen LogP contribution in [0.25, 0.3) is 0 Å². The van der Waals surface area contributed by atoms with E-state index in [9.17, 15) is 19.2 Å². The number of hydrogen-bond donors (Lipinski definition) is 3. The fraction of sp³-hybridized carbons (Fsp3) is 0.486. The van der Waals surface area contributed by atoms with E-state index in [4.69, 9.17) is 34.9 Å². The van der Waals surface area contributed by atoms with E-state index in [-0.39, 0.29) is 36.5 Å². The van der Waals surface area contributed by atoms with Gasteiger partial charge in [-0.1, -0.05) is 5.16 Å². The van der Waals surface area contributed by atoms with Crippen LogP contribution in [-0.4, -0.2) is 58.0 Å². The lowest BCUT2D eigenvalue weighted by molar-refractivity contribution is -0.188. The number of aryl methyl sites for hydroxylation is 1. The van der Waals surface area contributed by atoms with Gasteiger partial charge in [-0.3, -0.25) is 15.0 Å². The average molecular weight is 667 g/mol. The minimum Gasteiger partial charge on any atom is -0.460 e. The number of esters is 4. The number of nitrogens with two attached hydrogens (primary N) is 1. The monoisotopic (exact) mass is 666 g/mol. The highest BCUT2D eigenvalue weighted by molar-refractivity contribution is 6.06. The van der Waals surface area contributed by atoms with Crippen LogP contribution in [0, 0.1) is 5.41 Å². The zero-order valence-electron chi connectivity index (χ0n) is 29.1. The second-order valence-electron chi connectivity index (χ2n) is 14.5. The van der Waals surface area contributed by atoms with Crippen LogP contribution in [0.2, 0.25) is 0 Å². The molecule has 4 N–H and O–H groups in total. The molecule has 2 aromatic rings. The molecule has 1 aliphatic heterocycles. The summed E-state index contributed by atoms with van der Waals surface area (Å²) in [4.78, 5) is 57.8. The molecule has 0 fully saturated rings. The van der Waals surface area contributed by atoms with Crippen molar-refractivity contribution in [1.29, 1.82) is 5.41 Å². The lowest BCUT2D eigenvalue weighted by Gasteiger charge is -2.29.